The molecule has 0 bridgehead atoms. The van der Waals surface area contributed by atoms with Crippen LogP contribution in [0.2, 0.25) is 0 Å². The molecule has 1 aliphatic heterocycles. The lowest BCUT2D eigenvalue weighted by atomic mass is 10.2. The normalized spacial score (nSPS) is 16.9. The molecule has 1 aromatic carbocycles. The van der Waals surface area contributed by atoms with Crippen LogP contribution in [0.15, 0.2) is 23.2 Å². The highest BCUT2D eigenvalue weighted by molar-refractivity contribution is 14.0. The quantitative estimate of drug-likeness (QED) is 0.307. The number of benzene rings is 1. The number of amides is 1. The first-order valence-corrected chi connectivity index (χ1v) is 10.8. The van der Waals surface area contributed by atoms with Crippen LogP contribution in [0.3, 0.4) is 0 Å². The minimum Gasteiger partial charge on any atom is -0.493 e. The summed E-state index contributed by atoms with van der Waals surface area (Å²) in [6.07, 6.45) is 7.13. The molecule has 168 valence electrons. The number of methoxy groups -OCH3 is 1. The first kappa shape index (κ1) is 24.6. The number of hydrogen-bond donors (Lipinski definition) is 2. The number of hydrogen-bond acceptors (Lipinski definition) is 4. The van der Waals surface area contributed by atoms with Gasteiger partial charge in [-0.3, -0.25) is 4.79 Å². The molecule has 1 saturated carbocycles. The van der Waals surface area contributed by atoms with Crippen molar-refractivity contribution in [3.63, 3.8) is 0 Å². The Bertz CT molecular complexity index is 702. The lowest BCUT2D eigenvalue weighted by molar-refractivity contribution is -0.128. The third-order valence-electron chi connectivity index (χ3n) is 5.45. The second-order valence-electron chi connectivity index (χ2n) is 7.65. The number of carbonyl (C=O) groups is 1. The van der Waals surface area contributed by atoms with E-state index in [9.17, 15) is 4.79 Å². The van der Waals surface area contributed by atoms with E-state index in [2.05, 4.69) is 15.6 Å². The Morgan fingerprint density at radius 2 is 1.87 bits per heavy atom. The molecule has 1 amide bonds. The lowest BCUT2D eigenvalue weighted by Gasteiger charge is -2.18. The van der Waals surface area contributed by atoms with Crippen LogP contribution >= 0.6 is 24.0 Å². The number of aliphatic imine (C=N–C) groups is 1. The van der Waals surface area contributed by atoms with Gasteiger partial charge in [0.2, 0.25) is 5.91 Å². The van der Waals surface area contributed by atoms with Crippen LogP contribution in [0.5, 0.6) is 11.5 Å². The minimum absolute atomic E-state index is 0. The molecule has 1 aromatic rings. The number of halogens is 1. The second-order valence-corrected chi connectivity index (χ2v) is 7.65. The Kier molecular flexibility index (Phi) is 10.5. The monoisotopic (exact) mass is 530 g/mol. The van der Waals surface area contributed by atoms with Gasteiger partial charge < -0.3 is 25.0 Å². The average molecular weight is 530 g/mol. The van der Waals surface area contributed by atoms with Crippen LogP contribution in [0.25, 0.3) is 0 Å². The standard InChI is InChI=1S/C22H34N4O3.HI/c1-3-23-22(25-16-21(27)26-12-6-7-13-26)24-15-17-10-11-19(28-2)20(14-17)29-18-8-4-5-9-18;/h10-11,14,18H,3-9,12-13,15-16H2,1-2H3,(H2,23,24,25);1H. The van der Waals surface area contributed by atoms with E-state index in [0.29, 0.717) is 12.5 Å². The molecular weight excluding hydrogens is 495 g/mol. The van der Waals surface area contributed by atoms with Crippen molar-refractivity contribution in [3.05, 3.63) is 23.8 Å². The van der Waals surface area contributed by atoms with Crippen LogP contribution in [0.4, 0.5) is 0 Å². The maximum absolute atomic E-state index is 12.3. The molecule has 1 saturated heterocycles. The summed E-state index contributed by atoms with van der Waals surface area (Å²) in [5.41, 5.74) is 1.04. The molecule has 0 spiro atoms. The summed E-state index contributed by atoms with van der Waals surface area (Å²) in [6.45, 7) is 5.25. The maximum atomic E-state index is 12.3. The molecule has 2 N–H and O–H groups in total. The molecule has 3 rings (SSSR count). The molecule has 8 heteroatoms. The van der Waals surface area contributed by atoms with Crippen molar-refractivity contribution in [2.45, 2.75) is 58.1 Å². The molecule has 2 fully saturated rings. The number of nitrogens with zero attached hydrogens (tertiary/aromatic N) is 2. The third kappa shape index (κ3) is 7.21. The third-order valence-corrected chi connectivity index (χ3v) is 5.45. The molecule has 0 unspecified atom stereocenters. The van der Waals surface area contributed by atoms with Crippen LogP contribution < -0.4 is 20.1 Å². The van der Waals surface area contributed by atoms with E-state index < -0.39 is 0 Å². The topological polar surface area (TPSA) is 75.2 Å². The van der Waals surface area contributed by atoms with Gasteiger partial charge in [-0.15, -0.1) is 24.0 Å². The Morgan fingerprint density at radius 3 is 2.53 bits per heavy atom. The van der Waals surface area contributed by atoms with Gasteiger partial charge in [-0.2, -0.15) is 0 Å². The van der Waals surface area contributed by atoms with E-state index in [1.807, 2.05) is 30.0 Å². The summed E-state index contributed by atoms with van der Waals surface area (Å²) in [5.74, 6) is 2.32. The zero-order valence-corrected chi connectivity index (χ0v) is 20.4. The minimum atomic E-state index is 0. The number of rotatable bonds is 8. The van der Waals surface area contributed by atoms with E-state index in [4.69, 9.17) is 9.47 Å². The van der Waals surface area contributed by atoms with Gasteiger partial charge in [0.1, 0.15) is 0 Å². The molecule has 1 heterocycles. The van der Waals surface area contributed by atoms with Gasteiger partial charge in [0, 0.05) is 19.6 Å². The Balaban J connectivity index is 0.00000320. The maximum Gasteiger partial charge on any atom is 0.241 e. The van der Waals surface area contributed by atoms with Crippen molar-refractivity contribution in [2.24, 2.45) is 4.99 Å². The zero-order valence-electron chi connectivity index (χ0n) is 18.1. The fourth-order valence-corrected chi connectivity index (χ4v) is 3.85. The first-order valence-electron chi connectivity index (χ1n) is 10.8. The SMILES string of the molecule is CCNC(=NCc1ccc(OC)c(OC2CCCC2)c1)NCC(=O)N1CCCC1.I. The smallest absolute Gasteiger partial charge is 0.241 e. The van der Waals surface area contributed by atoms with Crippen LogP contribution in [0, 0.1) is 0 Å². The van der Waals surface area contributed by atoms with Gasteiger partial charge >= 0.3 is 0 Å². The highest BCUT2D eigenvalue weighted by Gasteiger charge is 2.19. The van der Waals surface area contributed by atoms with Gasteiger partial charge in [-0.1, -0.05) is 6.07 Å². The van der Waals surface area contributed by atoms with E-state index in [-0.39, 0.29) is 42.5 Å². The molecule has 0 aromatic heterocycles. The summed E-state index contributed by atoms with van der Waals surface area (Å²) in [4.78, 5) is 18.8. The van der Waals surface area contributed by atoms with Crippen molar-refractivity contribution in [1.82, 2.24) is 15.5 Å². The van der Waals surface area contributed by atoms with Gasteiger partial charge in [-0.05, 0) is 63.1 Å². The van der Waals surface area contributed by atoms with Crippen molar-refractivity contribution in [1.29, 1.82) is 0 Å². The van der Waals surface area contributed by atoms with Gasteiger partial charge in [-0.25, -0.2) is 4.99 Å². The highest BCUT2D eigenvalue weighted by atomic mass is 127. The van der Waals surface area contributed by atoms with Crippen molar-refractivity contribution < 1.29 is 14.3 Å². The van der Waals surface area contributed by atoms with E-state index in [0.717, 1.165) is 62.4 Å². The summed E-state index contributed by atoms with van der Waals surface area (Å²) < 4.78 is 11.6. The number of ether oxygens (including phenoxy) is 2. The highest BCUT2D eigenvalue weighted by Crippen LogP contribution is 2.32. The predicted octanol–water partition coefficient (Wildman–Crippen LogP) is 3.31. The molecule has 7 nitrogen and oxygen atoms in total. The number of nitrogens with one attached hydrogen (secondary N) is 2. The molecule has 2 aliphatic rings. The van der Waals surface area contributed by atoms with Gasteiger partial charge in [0.05, 0.1) is 26.3 Å². The van der Waals surface area contributed by atoms with Crippen molar-refractivity contribution in [2.75, 3.05) is 33.3 Å². The van der Waals surface area contributed by atoms with Crippen LogP contribution in [-0.4, -0.2) is 56.2 Å². The number of carbonyl (C=O) groups excluding carboxylic acids is 1. The zero-order chi connectivity index (χ0) is 20.5. The summed E-state index contributed by atoms with van der Waals surface area (Å²) in [7, 11) is 1.67. The molecule has 1 aliphatic carbocycles. The summed E-state index contributed by atoms with van der Waals surface area (Å²) >= 11 is 0. The lowest BCUT2D eigenvalue weighted by Crippen LogP contribution is -2.44. The van der Waals surface area contributed by atoms with Crippen LogP contribution in [-0.2, 0) is 11.3 Å². The first-order chi connectivity index (χ1) is 14.2. The summed E-state index contributed by atoms with van der Waals surface area (Å²) in [6, 6.07) is 5.95. The van der Waals surface area contributed by atoms with E-state index >= 15 is 0 Å². The summed E-state index contributed by atoms with van der Waals surface area (Å²) in [5, 5.41) is 6.36. The van der Waals surface area contributed by atoms with Gasteiger partial charge in [0.15, 0.2) is 17.5 Å². The Hall–Kier alpha value is -1.71. The van der Waals surface area contributed by atoms with E-state index in [1.54, 1.807) is 7.11 Å². The number of likely N-dealkylation sites (tertiary alicyclic amines) is 1. The second kappa shape index (κ2) is 12.9. The largest absolute Gasteiger partial charge is 0.493 e. The van der Waals surface area contributed by atoms with Crippen molar-refractivity contribution >= 4 is 35.8 Å². The van der Waals surface area contributed by atoms with Crippen LogP contribution in [0.1, 0.15) is 51.0 Å². The molecular formula is C22H35IN4O3. The number of guanidine groups is 1. The Morgan fingerprint density at radius 1 is 1.13 bits per heavy atom. The fourth-order valence-electron chi connectivity index (χ4n) is 3.85. The van der Waals surface area contributed by atoms with E-state index in [1.165, 1.54) is 12.8 Å². The molecule has 0 radical (unpaired) electrons. The van der Waals surface area contributed by atoms with Crippen molar-refractivity contribution in [3.8, 4) is 11.5 Å². The molecule has 30 heavy (non-hydrogen) atoms. The Labute approximate surface area is 197 Å². The predicted molar refractivity (Wildman–Crippen MR) is 130 cm³/mol. The fraction of sp³-hybridized carbons (Fsp3) is 0.636. The average Bonchev–Trinajstić information content (AvgIpc) is 3.44. The van der Waals surface area contributed by atoms with Gasteiger partial charge in [0.25, 0.3) is 0 Å². The molecule has 0 atom stereocenters.